The maximum Gasteiger partial charge on any atom is 0.257 e. The van der Waals surface area contributed by atoms with Crippen LogP contribution in [0.1, 0.15) is 57.0 Å². The lowest BCUT2D eigenvalue weighted by atomic mass is 9.89. The molecule has 8 nitrogen and oxygen atoms in total. The standard InChI is InChI=1S/C26H24ClFN4O4S/c27-23-24(31-19-6-7-20-17(13-19)3-8-22(20)33)21(14-30-25(23)37(29,35)36)26(34)32-11-9-16(10-12-32)15-1-4-18(28)5-2-15/h1-2,4-7,13-14,16H,3,8-12H2,(H,30,31)(H2,29,35,36). The number of anilines is 2. The van der Waals surface area contributed by atoms with Gasteiger partial charge in [0, 0.05) is 37.0 Å². The molecule has 1 aromatic heterocycles. The monoisotopic (exact) mass is 542 g/mol. The van der Waals surface area contributed by atoms with Gasteiger partial charge in [-0.05, 0) is 66.6 Å². The summed E-state index contributed by atoms with van der Waals surface area (Å²) in [6, 6.07) is 11.6. The molecule has 0 unspecified atom stereocenters. The van der Waals surface area contributed by atoms with Gasteiger partial charge in [-0.3, -0.25) is 9.59 Å². The fraction of sp³-hybridized carbons (Fsp3) is 0.269. The van der Waals surface area contributed by atoms with Crippen molar-refractivity contribution in [3.8, 4) is 0 Å². The first-order valence-corrected chi connectivity index (χ1v) is 13.7. The number of piperidine rings is 1. The van der Waals surface area contributed by atoms with E-state index >= 15 is 0 Å². The Morgan fingerprint density at radius 1 is 1.11 bits per heavy atom. The number of nitrogens with one attached hydrogen (secondary N) is 1. The normalized spacial score (nSPS) is 16.1. The average molecular weight is 543 g/mol. The van der Waals surface area contributed by atoms with Crippen LogP contribution in [-0.4, -0.2) is 43.1 Å². The zero-order chi connectivity index (χ0) is 26.3. The summed E-state index contributed by atoms with van der Waals surface area (Å²) < 4.78 is 37.4. The van der Waals surface area contributed by atoms with Crippen LogP contribution in [0.5, 0.6) is 0 Å². The molecule has 2 aromatic carbocycles. The number of sulfonamides is 1. The molecule has 2 heterocycles. The van der Waals surface area contributed by atoms with Crippen LogP contribution >= 0.6 is 11.6 Å². The lowest BCUT2D eigenvalue weighted by Crippen LogP contribution is -2.38. The van der Waals surface area contributed by atoms with Crippen molar-refractivity contribution in [3.63, 3.8) is 0 Å². The van der Waals surface area contributed by atoms with Crippen LogP contribution < -0.4 is 10.5 Å². The van der Waals surface area contributed by atoms with Crippen molar-refractivity contribution in [1.29, 1.82) is 0 Å². The lowest BCUT2D eigenvalue weighted by molar-refractivity contribution is 0.0713. The first-order valence-electron chi connectivity index (χ1n) is 11.8. The summed E-state index contributed by atoms with van der Waals surface area (Å²) in [4.78, 5) is 31.1. The number of halogens is 2. The smallest absolute Gasteiger partial charge is 0.257 e. The zero-order valence-electron chi connectivity index (χ0n) is 19.7. The Morgan fingerprint density at radius 3 is 2.49 bits per heavy atom. The van der Waals surface area contributed by atoms with E-state index in [-0.39, 0.29) is 39.7 Å². The molecule has 0 radical (unpaired) electrons. The molecule has 5 rings (SSSR count). The molecule has 1 amide bonds. The molecule has 37 heavy (non-hydrogen) atoms. The van der Waals surface area contributed by atoms with Gasteiger partial charge in [-0.25, -0.2) is 22.9 Å². The summed E-state index contributed by atoms with van der Waals surface area (Å²) >= 11 is 6.45. The number of fused-ring (bicyclic) bond motifs is 1. The van der Waals surface area contributed by atoms with Crippen LogP contribution in [0.2, 0.25) is 5.02 Å². The zero-order valence-corrected chi connectivity index (χ0v) is 21.3. The number of carbonyl (C=O) groups excluding carboxylic acids is 2. The maximum atomic E-state index is 13.6. The van der Waals surface area contributed by atoms with E-state index < -0.39 is 15.0 Å². The molecule has 2 aliphatic rings. The van der Waals surface area contributed by atoms with Crippen LogP contribution in [-0.2, 0) is 16.4 Å². The Balaban J connectivity index is 1.43. The summed E-state index contributed by atoms with van der Waals surface area (Å²) in [6.45, 7) is 0.908. The highest BCUT2D eigenvalue weighted by Gasteiger charge is 2.30. The van der Waals surface area contributed by atoms with Crippen LogP contribution in [0.15, 0.2) is 53.7 Å². The summed E-state index contributed by atoms with van der Waals surface area (Å²) in [5.41, 5.74) is 3.27. The Morgan fingerprint density at radius 2 is 1.81 bits per heavy atom. The second-order valence-electron chi connectivity index (χ2n) is 9.25. The van der Waals surface area contributed by atoms with Gasteiger partial charge < -0.3 is 10.2 Å². The van der Waals surface area contributed by atoms with E-state index in [0.717, 1.165) is 11.1 Å². The number of primary sulfonamides is 1. The van der Waals surface area contributed by atoms with Crippen molar-refractivity contribution in [2.45, 2.75) is 36.6 Å². The number of rotatable bonds is 5. The number of nitrogens with zero attached hydrogens (tertiary/aromatic N) is 2. The van der Waals surface area contributed by atoms with Crippen LogP contribution in [0.4, 0.5) is 15.8 Å². The minimum absolute atomic E-state index is 0.0694. The molecule has 192 valence electrons. The maximum absolute atomic E-state index is 13.6. The predicted octanol–water partition coefficient (Wildman–Crippen LogP) is 4.41. The summed E-state index contributed by atoms with van der Waals surface area (Å²) in [7, 11) is -4.25. The molecule has 1 saturated heterocycles. The summed E-state index contributed by atoms with van der Waals surface area (Å²) in [6.07, 6.45) is 3.58. The molecule has 1 fully saturated rings. The highest BCUT2D eigenvalue weighted by Crippen LogP contribution is 2.36. The second-order valence-corrected chi connectivity index (χ2v) is 11.1. The number of amides is 1. The first kappa shape index (κ1) is 25.3. The fourth-order valence-electron chi connectivity index (χ4n) is 4.95. The van der Waals surface area contributed by atoms with Crippen molar-refractivity contribution < 1.29 is 22.4 Å². The molecule has 11 heteroatoms. The first-order chi connectivity index (χ1) is 17.6. The Labute approximate surface area is 218 Å². The molecule has 0 saturated carbocycles. The van der Waals surface area contributed by atoms with E-state index in [1.54, 1.807) is 35.2 Å². The van der Waals surface area contributed by atoms with E-state index in [1.807, 2.05) is 0 Å². The second kappa shape index (κ2) is 9.85. The SMILES string of the molecule is NS(=O)(=O)c1ncc(C(=O)N2CCC(c3ccc(F)cc3)CC2)c(Nc2ccc3c(c2)CCC3=O)c1Cl. The minimum atomic E-state index is -4.25. The molecule has 1 aliphatic carbocycles. The minimum Gasteiger partial charge on any atom is -0.354 e. The molecule has 0 bridgehead atoms. The van der Waals surface area contributed by atoms with E-state index in [2.05, 4.69) is 10.3 Å². The average Bonchev–Trinajstić information content (AvgIpc) is 3.24. The predicted molar refractivity (Wildman–Crippen MR) is 137 cm³/mol. The Hall–Kier alpha value is -3.34. The topological polar surface area (TPSA) is 122 Å². The van der Waals surface area contributed by atoms with Crippen molar-refractivity contribution in [3.05, 3.63) is 81.8 Å². The van der Waals surface area contributed by atoms with Crippen molar-refractivity contribution >= 4 is 44.7 Å². The number of hydrogen-bond acceptors (Lipinski definition) is 6. The highest BCUT2D eigenvalue weighted by molar-refractivity contribution is 7.89. The quantitative estimate of drug-likeness (QED) is 0.492. The van der Waals surface area contributed by atoms with E-state index in [9.17, 15) is 22.4 Å². The number of aryl methyl sites for hydroxylation is 1. The number of pyridine rings is 1. The molecule has 3 aromatic rings. The molecule has 1 aliphatic heterocycles. The number of aromatic nitrogens is 1. The third kappa shape index (κ3) is 5.09. The number of Topliss-reactive ketones (excluding diaryl/α,β-unsaturated/α-hetero) is 1. The molecule has 0 spiro atoms. The van der Waals surface area contributed by atoms with Crippen LogP contribution in [0, 0.1) is 5.82 Å². The largest absolute Gasteiger partial charge is 0.354 e. The number of carbonyl (C=O) groups is 2. The number of benzene rings is 2. The van der Waals surface area contributed by atoms with Crippen LogP contribution in [0.3, 0.4) is 0 Å². The van der Waals surface area contributed by atoms with Gasteiger partial charge in [-0.1, -0.05) is 23.7 Å². The van der Waals surface area contributed by atoms with E-state index in [0.29, 0.717) is 50.0 Å². The summed E-state index contributed by atoms with van der Waals surface area (Å²) in [5.74, 6) is -0.381. The van der Waals surface area contributed by atoms with Gasteiger partial charge in [0.05, 0.1) is 11.3 Å². The van der Waals surface area contributed by atoms with Crippen molar-refractivity contribution in [2.24, 2.45) is 5.14 Å². The van der Waals surface area contributed by atoms with Gasteiger partial charge in [-0.2, -0.15) is 0 Å². The Kier molecular flexibility index (Phi) is 6.74. The number of ketones is 1. The number of likely N-dealkylation sites (tertiary alicyclic amines) is 1. The van der Waals surface area contributed by atoms with Crippen molar-refractivity contribution in [2.75, 3.05) is 18.4 Å². The van der Waals surface area contributed by atoms with Gasteiger partial charge in [0.1, 0.15) is 10.8 Å². The third-order valence-electron chi connectivity index (χ3n) is 6.91. The molecular formula is C26H24ClFN4O4S. The van der Waals surface area contributed by atoms with E-state index in [4.69, 9.17) is 16.7 Å². The molecule has 3 N–H and O–H groups in total. The summed E-state index contributed by atoms with van der Waals surface area (Å²) in [5, 5.41) is 7.54. The molecule has 0 atom stereocenters. The number of nitrogens with two attached hydrogens (primary N) is 1. The van der Waals surface area contributed by atoms with Gasteiger partial charge in [-0.15, -0.1) is 0 Å². The fourth-order valence-corrected chi connectivity index (χ4v) is 6.02. The van der Waals surface area contributed by atoms with E-state index in [1.165, 1.54) is 18.3 Å². The van der Waals surface area contributed by atoms with Gasteiger partial charge >= 0.3 is 0 Å². The lowest BCUT2D eigenvalue weighted by Gasteiger charge is -2.32. The Bertz CT molecular complexity index is 1500. The third-order valence-corrected chi connectivity index (χ3v) is 8.24. The van der Waals surface area contributed by atoms with Crippen molar-refractivity contribution in [1.82, 2.24) is 9.88 Å². The van der Waals surface area contributed by atoms with Gasteiger partial charge in [0.2, 0.25) is 0 Å². The number of hydrogen-bond donors (Lipinski definition) is 2. The van der Waals surface area contributed by atoms with Gasteiger partial charge in [0.15, 0.2) is 10.8 Å². The highest BCUT2D eigenvalue weighted by atomic mass is 35.5. The molecular weight excluding hydrogens is 519 g/mol. The van der Waals surface area contributed by atoms with Crippen LogP contribution in [0.25, 0.3) is 0 Å². The van der Waals surface area contributed by atoms with Gasteiger partial charge in [0.25, 0.3) is 15.9 Å².